The van der Waals surface area contributed by atoms with E-state index in [0.29, 0.717) is 29.5 Å². The Hall–Kier alpha value is -1.41. The number of aliphatic carboxylic acids is 1. The minimum atomic E-state index is -0.869. The summed E-state index contributed by atoms with van der Waals surface area (Å²) in [5.41, 5.74) is 1.65. The van der Waals surface area contributed by atoms with Gasteiger partial charge in [0.15, 0.2) is 11.5 Å². The highest BCUT2D eigenvalue weighted by Crippen LogP contribution is 2.37. The maximum Gasteiger partial charge on any atom is 0.320 e. The number of carboxylic acids is 1. The summed E-state index contributed by atoms with van der Waals surface area (Å²) in [6.07, 6.45) is 2.49. The van der Waals surface area contributed by atoms with E-state index in [1.54, 1.807) is 24.9 Å². The topological polar surface area (TPSA) is 67.8 Å². The summed E-state index contributed by atoms with van der Waals surface area (Å²) in [6.45, 7) is 0.593. The van der Waals surface area contributed by atoms with Gasteiger partial charge in [-0.3, -0.25) is 4.79 Å². The summed E-state index contributed by atoms with van der Waals surface area (Å²) in [7, 11) is 1.57. The minimum Gasteiger partial charge on any atom is -0.493 e. The molecule has 2 rings (SSSR count). The molecular weight excluding hydrogens is 466 g/mol. The van der Waals surface area contributed by atoms with Gasteiger partial charge in [0.25, 0.3) is 0 Å². The van der Waals surface area contributed by atoms with Crippen molar-refractivity contribution in [2.45, 2.75) is 25.6 Å². The number of carboxylic acid groups (broad SMARTS) is 1. The third-order valence-electron chi connectivity index (χ3n) is 4.15. The van der Waals surface area contributed by atoms with Gasteiger partial charge < -0.3 is 19.9 Å². The maximum absolute atomic E-state index is 11.5. The van der Waals surface area contributed by atoms with Gasteiger partial charge in [0.2, 0.25) is 0 Å². The van der Waals surface area contributed by atoms with E-state index in [4.69, 9.17) is 21.1 Å². The number of methoxy groups -OCH3 is 1. The van der Waals surface area contributed by atoms with Gasteiger partial charge in [-0.1, -0.05) is 45.7 Å². The lowest BCUT2D eigenvalue weighted by Gasteiger charge is -2.19. The number of hydrogen-bond acceptors (Lipinski definition) is 5. The molecule has 0 radical (unpaired) electrons. The number of ether oxygens (including phenoxy) is 2. The van der Waals surface area contributed by atoms with Crippen LogP contribution in [0.4, 0.5) is 0 Å². The largest absolute Gasteiger partial charge is 0.493 e. The molecule has 0 saturated heterocycles. The molecule has 0 heterocycles. The van der Waals surface area contributed by atoms with Crippen molar-refractivity contribution in [3.8, 4) is 11.5 Å². The fraction of sp³-hybridized carbons (Fsp3) is 0.350. The van der Waals surface area contributed by atoms with Crippen molar-refractivity contribution in [2.75, 3.05) is 19.1 Å². The van der Waals surface area contributed by atoms with E-state index in [-0.39, 0.29) is 6.61 Å². The SMILES string of the molecule is COc1ccc(Br)c(CNC(CCSC)C(=O)O)c1OCc1ccccc1Cl. The van der Waals surface area contributed by atoms with Crippen LogP contribution in [0.3, 0.4) is 0 Å². The second-order valence-electron chi connectivity index (χ2n) is 5.99. The first-order chi connectivity index (χ1) is 13.5. The lowest BCUT2D eigenvalue weighted by atomic mass is 10.1. The molecule has 1 unspecified atom stereocenters. The van der Waals surface area contributed by atoms with Gasteiger partial charge in [0.1, 0.15) is 12.6 Å². The molecule has 0 spiro atoms. The first-order valence-corrected chi connectivity index (χ1v) is 11.2. The highest BCUT2D eigenvalue weighted by molar-refractivity contribution is 9.10. The van der Waals surface area contributed by atoms with Crippen LogP contribution < -0.4 is 14.8 Å². The third kappa shape index (κ3) is 6.30. The molecule has 0 aliphatic rings. The molecule has 0 fully saturated rings. The highest BCUT2D eigenvalue weighted by atomic mass is 79.9. The average molecular weight is 489 g/mol. The average Bonchev–Trinajstić information content (AvgIpc) is 2.68. The molecule has 28 heavy (non-hydrogen) atoms. The molecule has 2 aromatic carbocycles. The summed E-state index contributed by atoms with van der Waals surface area (Å²) in [6, 6.07) is 10.5. The Morgan fingerprint density at radius 2 is 2.07 bits per heavy atom. The van der Waals surface area contributed by atoms with E-state index < -0.39 is 12.0 Å². The molecule has 5 nitrogen and oxygen atoms in total. The van der Waals surface area contributed by atoms with Gasteiger partial charge in [-0.15, -0.1) is 0 Å². The van der Waals surface area contributed by atoms with Crippen LogP contribution in [0.25, 0.3) is 0 Å². The van der Waals surface area contributed by atoms with Crippen LogP contribution in [0.2, 0.25) is 5.02 Å². The van der Waals surface area contributed by atoms with Crippen LogP contribution >= 0.6 is 39.3 Å². The Bertz CT molecular complexity index is 806. The first kappa shape index (κ1) is 22.9. The molecule has 8 heteroatoms. The first-order valence-electron chi connectivity index (χ1n) is 8.64. The summed E-state index contributed by atoms with van der Waals surface area (Å²) in [4.78, 5) is 11.5. The van der Waals surface area contributed by atoms with E-state index in [2.05, 4.69) is 21.2 Å². The zero-order valence-corrected chi connectivity index (χ0v) is 18.9. The molecule has 0 bridgehead atoms. The normalized spacial score (nSPS) is 11.9. The van der Waals surface area contributed by atoms with Crippen molar-refractivity contribution in [3.63, 3.8) is 0 Å². The Morgan fingerprint density at radius 1 is 1.32 bits per heavy atom. The molecule has 0 aliphatic heterocycles. The summed E-state index contributed by atoms with van der Waals surface area (Å²) in [5.74, 6) is 1.02. The molecule has 2 N–H and O–H groups in total. The standard InChI is InChI=1S/C20H23BrClNO4S/c1-26-18-8-7-15(21)14(11-23-17(20(24)25)9-10-28-2)19(18)27-12-13-5-3-4-6-16(13)22/h3-8,17,23H,9-12H2,1-2H3,(H,24,25). The second kappa shape index (κ2) is 11.6. The molecule has 0 aliphatic carbocycles. The molecule has 152 valence electrons. The number of halogens is 2. The third-order valence-corrected chi connectivity index (χ3v) is 5.91. The predicted octanol–water partition coefficient (Wildman–Crippen LogP) is 4.99. The minimum absolute atomic E-state index is 0.272. The Balaban J connectivity index is 2.22. The lowest BCUT2D eigenvalue weighted by Crippen LogP contribution is -2.36. The fourth-order valence-electron chi connectivity index (χ4n) is 2.61. The predicted molar refractivity (Wildman–Crippen MR) is 118 cm³/mol. The van der Waals surface area contributed by atoms with Crippen molar-refractivity contribution in [3.05, 3.63) is 57.0 Å². The number of nitrogens with one attached hydrogen (secondary N) is 1. The maximum atomic E-state index is 11.5. The van der Waals surface area contributed by atoms with Gasteiger partial charge in [-0.05, 0) is 36.6 Å². The zero-order chi connectivity index (χ0) is 20.5. The Labute approximate surface area is 182 Å². The molecule has 0 amide bonds. The zero-order valence-electron chi connectivity index (χ0n) is 15.7. The fourth-order valence-corrected chi connectivity index (χ4v) is 3.72. The summed E-state index contributed by atoms with van der Waals surface area (Å²) in [5, 5.41) is 13.2. The smallest absolute Gasteiger partial charge is 0.320 e. The van der Waals surface area contributed by atoms with Crippen molar-refractivity contribution in [1.29, 1.82) is 0 Å². The van der Waals surface area contributed by atoms with Gasteiger partial charge in [0, 0.05) is 27.2 Å². The van der Waals surface area contributed by atoms with E-state index in [1.807, 2.05) is 36.6 Å². The van der Waals surface area contributed by atoms with Crippen molar-refractivity contribution >= 4 is 45.3 Å². The Morgan fingerprint density at radius 3 is 2.71 bits per heavy atom. The number of hydrogen-bond donors (Lipinski definition) is 2. The summed E-state index contributed by atoms with van der Waals surface area (Å²) >= 11 is 11.4. The van der Waals surface area contributed by atoms with Gasteiger partial charge in [-0.2, -0.15) is 11.8 Å². The Kier molecular flexibility index (Phi) is 9.44. The molecule has 0 saturated carbocycles. The number of benzene rings is 2. The van der Waals surface area contributed by atoms with E-state index in [9.17, 15) is 9.90 Å². The summed E-state index contributed by atoms with van der Waals surface area (Å²) < 4.78 is 12.3. The molecular formula is C20H23BrClNO4S. The van der Waals surface area contributed by atoms with E-state index in [1.165, 1.54) is 0 Å². The number of rotatable bonds is 11. The molecule has 0 aromatic heterocycles. The molecule has 1 atom stereocenters. The van der Waals surface area contributed by atoms with Crippen LogP contribution in [0.5, 0.6) is 11.5 Å². The van der Waals surface area contributed by atoms with Crippen LogP contribution in [-0.4, -0.2) is 36.2 Å². The van der Waals surface area contributed by atoms with Crippen LogP contribution in [-0.2, 0) is 17.9 Å². The van der Waals surface area contributed by atoms with E-state index in [0.717, 1.165) is 21.4 Å². The van der Waals surface area contributed by atoms with Gasteiger partial charge in [0.05, 0.1) is 7.11 Å². The van der Waals surface area contributed by atoms with Gasteiger partial charge in [-0.25, -0.2) is 0 Å². The monoisotopic (exact) mass is 487 g/mol. The number of thioether (sulfide) groups is 1. The second-order valence-corrected chi connectivity index (χ2v) is 8.24. The highest BCUT2D eigenvalue weighted by Gasteiger charge is 2.20. The quantitative estimate of drug-likeness (QED) is 0.465. The van der Waals surface area contributed by atoms with Crippen LogP contribution in [0.1, 0.15) is 17.5 Å². The van der Waals surface area contributed by atoms with Crippen molar-refractivity contribution < 1.29 is 19.4 Å². The number of carbonyl (C=O) groups is 1. The van der Waals surface area contributed by atoms with Gasteiger partial charge >= 0.3 is 5.97 Å². The van der Waals surface area contributed by atoms with Crippen LogP contribution in [0.15, 0.2) is 40.9 Å². The lowest BCUT2D eigenvalue weighted by molar-refractivity contribution is -0.139. The van der Waals surface area contributed by atoms with Crippen molar-refractivity contribution in [2.24, 2.45) is 0 Å². The van der Waals surface area contributed by atoms with E-state index >= 15 is 0 Å². The van der Waals surface area contributed by atoms with Crippen LogP contribution in [0, 0.1) is 0 Å². The van der Waals surface area contributed by atoms with Crippen molar-refractivity contribution in [1.82, 2.24) is 5.32 Å². The molecule has 2 aromatic rings.